The predicted octanol–water partition coefficient (Wildman–Crippen LogP) is 3.23. The molecule has 0 bridgehead atoms. The van der Waals surface area contributed by atoms with Crippen molar-refractivity contribution in [3.63, 3.8) is 0 Å². The Hall–Kier alpha value is -0.780. The summed E-state index contributed by atoms with van der Waals surface area (Å²) in [7, 11) is 0. The smallest absolute Gasteiger partial charge is 0.0129 e. The van der Waals surface area contributed by atoms with E-state index in [9.17, 15) is 0 Å². The Morgan fingerprint density at radius 1 is 1.70 bits per heavy atom. The molecular weight excluding hydrogens is 120 g/mol. The van der Waals surface area contributed by atoms with Crippen molar-refractivity contribution in [3.05, 3.63) is 35.5 Å². The summed E-state index contributed by atoms with van der Waals surface area (Å²) in [6.45, 7) is 8.28. The van der Waals surface area contributed by atoms with Crippen LogP contribution >= 0.6 is 0 Å². The Morgan fingerprint density at radius 3 is 2.80 bits per heavy atom. The van der Waals surface area contributed by atoms with Gasteiger partial charge in [0.1, 0.15) is 0 Å². The highest BCUT2D eigenvalue weighted by atomic mass is 14.1. The van der Waals surface area contributed by atoms with Gasteiger partial charge in [-0.1, -0.05) is 31.2 Å². The second-order valence-electron chi connectivity index (χ2n) is 2.81. The van der Waals surface area contributed by atoms with Gasteiger partial charge in [0.05, 0.1) is 0 Å². The maximum Gasteiger partial charge on any atom is -0.0129 e. The summed E-state index contributed by atoms with van der Waals surface area (Å²) >= 11 is 0. The number of hydrogen-bond donors (Lipinski definition) is 0. The molecule has 0 N–H and O–H groups in total. The molecule has 0 heterocycles. The number of rotatable bonds is 2. The van der Waals surface area contributed by atoms with Crippen LogP contribution < -0.4 is 0 Å². The lowest BCUT2D eigenvalue weighted by Crippen LogP contribution is -1.78. The molecule has 0 radical (unpaired) electrons. The first-order chi connectivity index (χ1) is 4.74. The van der Waals surface area contributed by atoms with Crippen molar-refractivity contribution >= 4 is 0 Å². The highest BCUT2D eigenvalue weighted by molar-refractivity contribution is 5.44. The fraction of sp³-hybridized carbons (Fsp3) is 0.400. The molecule has 0 aliphatic heterocycles. The van der Waals surface area contributed by atoms with E-state index in [0.717, 1.165) is 12.8 Å². The SMILES string of the molecule is C=C(CC)C1=CCC(C)=C1. The van der Waals surface area contributed by atoms with Crippen LogP contribution in [0.25, 0.3) is 0 Å². The third-order valence-electron chi connectivity index (χ3n) is 1.88. The Morgan fingerprint density at radius 2 is 2.40 bits per heavy atom. The molecule has 1 aliphatic rings. The third kappa shape index (κ3) is 1.38. The van der Waals surface area contributed by atoms with E-state index in [1.54, 1.807) is 0 Å². The van der Waals surface area contributed by atoms with Crippen LogP contribution in [0.5, 0.6) is 0 Å². The molecule has 10 heavy (non-hydrogen) atoms. The van der Waals surface area contributed by atoms with E-state index in [-0.39, 0.29) is 0 Å². The molecule has 54 valence electrons. The Balaban J connectivity index is 2.67. The van der Waals surface area contributed by atoms with Gasteiger partial charge >= 0.3 is 0 Å². The molecule has 1 aliphatic carbocycles. The van der Waals surface area contributed by atoms with Gasteiger partial charge in [-0.3, -0.25) is 0 Å². The van der Waals surface area contributed by atoms with E-state index < -0.39 is 0 Å². The normalized spacial score (nSPS) is 16.6. The van der Waals surface area contributed by atoms with Crippen molar-refractivity contribution in [3.8, 4) is 0 Å². The highest BCUT2D eigenvalue weighted by Crippen LogP contribution is 2.23. The van der Waals surface area contributed by atoms with E-state index in [1.807, 2.05) is 0 Å². The van der Waals surface area contributed by atoms with Crippen molar-refractivity contribution in [2.45, 2.75) is 26.7 Å². The van der Waals surface area contributed by atoms with Crippen molar-refractivity contribution in [2.24, 2.45) is 0 Å². The van der Waals surface area contributed by atoms with Crippen LogP contribution in [-0.4, -0.2) is 0 Å². The maximum atomic E-state index is 3.98. The molecule has 0 unspecified atom stereocenters. The van der Waals surface area contributed by atoms with Gasteiger partial charge < -0.3 is 0 Å². The monoisotopic (exact) mass is 134 g/mol. The molecule has 0 nitrogen and oxygen atoms in total. The lowest BCUT2D eigenvalue weighted by atomic mass is 10.1. The molecule has 0 atom stereocenters. The molecule has 0 spiro atoms. The van der Waals surface area contributed by atoms with Gasteiger partial charge in [0, 0.05) is 0 Å². The summed E-state index contributed by atoms with van der Waals surface area (Å²) < 4.78 is 0. The van der Waals surface area contributed by atoms with Gasteiger partial charge in [0.25, 0.3) is 0 Å². The predicted molar refractivity (Wildman–Crippen MR) is 45.9 cm³/mol. The van der Waals surface area contributed by atoms with Crippen molar-refractivity contribution in [2.75, 3.05) is 0 Å². The topological polar surface area (TPSA) is 0 Å². The molecule has 0 saturated heterocycles. The summed E-state index contributed by atoms with van der Waals surface area (Å²) in [4.78, 5) is 0. The van der Waals surface area contributed by atoms with Crippen LogP contribution in [0.15, 0.2) is 35.5 Å². The molecule has 0 amide bonds. The van der Waals surface area contributed by atoms with Gasteiger partial charge in [-0.15, -0.1) is 0 Å². The van der Waals surface area contributed by atoms with E-state index in [0.29, 0.717) is 0 Å². The first kappa shape index (κ1) is 7.33. The zero-order chi connectivity index (χ0) is 7.56. The summed E-state index contributed by atoms with van der Waals surface area (Å²) in [5.74, 6) is 0. The second-order valence-corrected chi connectivity index (χ2v) is 2.81. The standard InChI is InChI=1S/C10H14/c1-4-9(3)10-6-5-8(2)7-10/h6-7H,3-5H2,1-2H3. The minimum atomic E-state index is 1.07. The van der Waals surface area contributed by atoms with E-state index in [2.05, 4.69) is 32.6 Å². The molecule has 0 aromatic heterocycles. The van der Waals surface area contributed by atoms with Gasteiger partial charge in [0.15, 0.2) is 0 Å². The summed E-state index contributed by atoms with van der Waals surface area (Å²) in [6, 6.07) is 0. The number of allylic oxidation sites excluding steroid dienone is 5. The zero-order valence-corrected chi connectivity index (χ0v) is 6.78. The largest absolute Gasteiger partial charge is 0.0953 e. The van der Waals surface area contributed by atoms with E-state index in [1.165, 1.54) is 16.7 Å². The molecule has 1 rings (SSSR count). The number of hydrogen-bond acceptors (Lipinski definition) is 0. The summed E-state index contributed by atoms with van der Waals surface area (Å²) in [6.07, 6.45) is 6.66. The van der Waals surface area contributed by atoms with Crippen molar-refractivity contribution in [1.29, 1.82) is 0 Å². The van der Waals surface area contributed by atoms with Gasteiger partial charge in [-0.2, -0.15) is 0 Å². The Kier molecular flexibility index (Phi) is 2.10. The molecule has 0 fully saturated rings. The molecule has 0 saturated carbocycles. The van der Waals surface area contributed by atoms with Crippen LogP contribution in [-0.2, 0) is 0 Å². The van der Waals surface area contributed by atoms with Crippen LogP contribution in [0.1, 0.15) is 26.7 Å². The molecule has 0 aromatic rings. The second kappa shape index (κ2) is 2.87. The summed E-state index contributed by atoms with van der Waals surface area (Å²) in [5, 5.41) is 0. The molecule has 0 aromatic carbocycles. The lowest BCUT2D eigenvalue weighted by Gasteiger charge is -1.98. The summed E-state index contributed by atoms with van der Waals surface area (Å²) in [5.41, 5.74) is 4.06. The van der Waals surface area contributed by atoms with Crippen LogP contribution in [0.3, 0.4) is 0 Å². The third-order valence-corrected chi connectivity index (χ3v) is 1.88. The van der Waals surface area contributed by atoms with Crippen molar-refractivity contribution in [1.82, 2.24) is 0 Å². The minimum Gasteiger partial charge on any atom is -0.0953 e. The first-order valence-electron chi connectivity index (χ1n) is 3.79. The maximum absolute atomic E-state index is 3.98. The minimum absolute atomic E-state index is 1.07. The van der Waals surface area contributed by atoms with Crippen LogP contribution in [0, 0.1) is 0 Å². The van der Waals surface area contributed by atoms with Crippen LogP contribution in [0.4, 0.5) is 0 Å². The fourth-order valence-electron chi connectivity index (χ4n) is 1.10. The lowest BCUT2D eigenvalue weighted by molar-refractivity contribution is 1.13. The average molecular weight is 134 g/mol. The van der Waals surface area contributed by atoms with E-state index in [4.69, 9.17) is 0 Å². The average Bonchev–Trinajstić information content (AvgIpc) is 2.34. The van der Waals surface area contributed by atoms with Gasteiger partial charge in [-0.25, -0.2) is 0 Å². The zero-order valence-electron chi connectivity index (χ0n) is 6.78. The Bertz CT molecular complexity index is 204. The van der Waals surface area contributed by atoms with Crippen molar-refractivity contribution < 1.29 is 0 Å². The molecule has 0 heteroatoms. The van der Waals surface area contributed by atoms with Gasteiger partial charge in [-0.05, 0) is 30.9 Å². The first-order valence-corrected chi connectivity index (χ1v) is 3.79. The highest BCUT2D eigenvalue weighted by Gasteiger charge is 2.03. The van der Waals surface area contributed by atoms with E-state index >= 15 is 0 Å². The quantitative estimate of drug-likeness (QED) is 0.544. The molecular formula is C10H14. The van der Waals surface area contributed by atoms with Gasteiger partial charge in [0.2, 0.25) is 0 Å². The Labute approximate surface area is 62.9 Å². The van der Waals surface area contributed by atoms with Crippen LogP contribution in [0.2, 0.25) is 0 Å². The fourth-order valence-corrected chi connectivity index (χ4v) is 1.10.